The van der Waals surface area contributed by atoms with E-state index in [1.807, 2.05) is 18.4 Å². The van der Waals surface area contributed by atoms with Crippen LogP contribution in [0.1, 0.15) is 37.1 Å². The van der Waals surface area contributed by atoms with Gasteiger partial charge in [0.15, 0.2) is 5.96 Å². The van der Waals surface area contributed by atoms with Crippen molar-refractivity contribution < 1.29 is 9.47 Å². The van der Waals surface area contributed by atoms with Gasteiger partial charge in [0.1, 0.15) is 0 Å². The lowest BCUT2D eigenvalue weighted by Crippen LogP contribution is -2.46. The molecule has 0 spiro atoms. The molecule has 1 fully saturated rings. The van der Waals surface area contributed by atoms with Gasteiger partial charge < -0.3 is 20.1 Å². The Morgan fingerprint density at radius 1 is 1.30 bits per heavy atom. The smallest absolute Gasteiger partial charge is 0.191 e. The van der Waals surface area contributed by atoms with Crippen molar-refractivity contribution in [2.75, 3.05) is 59.7 Å². The molecule has 0 aromatic carbocycles. The van der Waals surface area contributed by atoms with Crippen molar-refractivity contribution >= 4 is 41.3 Å². The van der Waals surface area contributed by atoms with E-state index in [-0.39, 0.29) is 24.0 Å². The lowest BCUT2D eigenvalue weighted by molar-refractivity contribution is 0.0177. The second-order valence-corrected chi connectivity index (χ2v) is 7.36. The van der Waals surface area contributed by atoms with E-state index in [1.165, 1.54) is 11.3 Å². The van der Waals surface area contributed by atoms with E-state index in [2.05, 4.69) is 45.0 Å². The molecular weight excluding hydrogens is 475 g/mol. The van der Waals surface area contributed by atoms with Crippen molar-refractivity contribution in [1.82, 2.24) is 15.5 Å². The largest absolute Gasteiger partial charge is 0.381 e. The first-order valence-corrected chi connectivity index (χ1v) is 10.6. The van der Waals surface area contributed by atoms with E-state index >= 15 is 0 Å². The normalized spacial score (nSPS) is 16.6. The maximum Gasteiger partial charge on any atom is 0.191 e. The molecule has 1 atom stereocenters. The minimum atomic E-state index is 0. The molecule has 1 aliphatic rings. The predicted molar refractivity (Wildman–Crippen MR) is 125 cm³/mol. The SMILES string of the molecule is CCCCOCCCNC(=NC)NCC(c1cccs1)N1CCOCC1.I. The number of guanidine groups is 1. The highest BCUT2D eigenvalue weighted by Gasteiger charge is 2.23. The van der Waals surface area contributed by atoms with Crippen LogP contribution >= 0.6 is 35.3 Å². The number of thiophene rings is 1. The number of ether oxygens (including phenoxy) is 2. The van der Waals surface area contributed by atoms with E-state index in [9.17, 15) is 0 Å². The fourth-order valence-corrected chi connectivity index (χ4v) is 3.78. The lowest BCUT2D eigenvalue weighted by Gasteiger charge is -2.34. The average Bonchev–Trinajstić information content (AvgIpc) is 3.21. The van der Waals surface area contributed by atoms with Gasteiger partial charge >= 0.3 is 0 Å². The summed E-state index contributed by atoms with van der Waals surface area (Å²) in [5.41, 5.74) is 0. The summed E-state index contributed by atoms with van der Waals surface area (Å²) in [7, 11) is 1.82. The summed E-state index contributed by atoms with van der Waals surface area (Å²) in [5.74, 6) is 0.855. The number of hydrogen-bond acceptors (Lipinski definition) is 5. The summed E-state index contributed by atoms with van der Waals surface area (Å²) in [5, 5.41) is 9.02. The van der Waals surface area contributed by atoms with Gasteiger partial charge in [0.05, 0.1) is 19.3 Å². The second kappa shape index (κ2) is 15.5. The molecule has 2 heterocycles. The number of hydrogen-bond donors (Lipinski definition) is 2. The van der Waals surface area contributed by atoms with Gasteiger partial charge in [0.25, 0.3) is 0 Å². The zero-order valence-corrected chi connectivity index (χ0v) is 19.8. The highest BCUT2D eigenvalue weighted by Crippen LogP contribution is 2.25. The van der Waals surface area contributed by atoms with Gasteiger partial charge in [-0.05, 0) is 24.3 Å². The highest BCUT2D eigenvalue weighted by atomic mass is 127. The van der Waals surface area contributed by atoms with E-state index < -0.39 is 0 Å². The predicted octanol–water partition coefficient (Wildman–Crippen LogP) is 3.11. The Kier molecular flexibility index (Phi) is 14.1. The number of halogens is 1. The molecule has 1 aromatic rings. The van der Waals surface area contributed by atoms with Crippen LogP contribution in [0.3, 0.4) is 0 Å². The van der Waals surface area contributed by atoms with Crippen molar-refractivity contribution in [3.05, 3.63) is 22.4 Å². The Labute approximate surface area is 185 Å². The van der Waals surface area contributed by atoms with Crippen molar-refractivity contribution in [2.24, 2.45) is 4.99 Å². The zero-order valence-electron chi connectivity index (χ0n) is 16.6. The van der Waals surface area contributed by atoms with Gasteiger partial charge in [0, 0.05) is 51.3 Å². The van der Waals surface area contributed by atoms with Crippen LogP contribution in [0.25, 0.3) is 0 Å². The number of morpholine rings is 1. The van der Waals surface area contributed by atoms with Crippen LogP contribution in [0.2, 0.25) is 0 Å². The molecule has 0 amide bonds. The molecule has 27 heavy (non-hydrogen) atoms. The second-order valence-electron chi connectivity index (χ2n) is 6.38. The Bertz CT molecular complexity index is 496. The highest BCUT2D eigenvalue weighted by molar-refractivity contribution is 14.0. The van der Waals surface area contributed by atoms with Gasteiger partial charge in [-0.2, -0.15) is 0 Å². The summed E-state index contributed by atoms with van der Waals surface area (Å²) in [6, 6.07) is 4.70. The summed E-state index contributed by atoms with van der Waals surface area (Å²) >= 11 is 1.82. The van der Waals surface area contributed by atoms with Crippen LogP contribution in [-0.4, -0.2) is 70.5 Å². The molecular formula is C19H35IN4O2S. The van der Waals surface area contributed by atoms with Crippen molar-refractivity contribution in [1.29, 1.82) is 0 Å². The minimum Gasteiger partial charge on any atom is -0.381 e. The molecule has 6 nitrogen and oxygen atoms in total. The Morgan fingerprint density at radius 3 is 2.74 bits per heavy atom. The van der Waals surface area contributed by atoms with E-state index in [1.54, 1.807) is 0 Å². The van der Waals surface area contributed by atoms with E-state index in [0.29, 0.717) is 6.04 Å². The maximum atomic E-state index is 5.60. The number of unbranched alkanes of at least 4 members (excludes halogenated alkanes) is 1. The molecule has 0 saturated carbocycles. The molecule has 8 heteroatoms. The number of nitrogens with zero attached hydrogens (tertiary/aromatic N) is 2. The summed E-state index contributed by atoms with van der Waals surface area (Å²) in [4.78, 5) is 8.23. The van der Waals surface area contributed by atoms with Crippen molar-refractivity contribution in [3.8, 4) is 0 Å². The number of rotatable bonds is 11. The van der Waals surface area contributed by atoms with E-state index in [4.69, 9.17) is 9.47 Å². The summed E-state index contributed by atoms with van der Waals surface area (Å²) < 4.78 is 11.1. The quantitative estimate of drug-likeness (QED) is 0.208. The summed E-state index contributed by atoms with van der Waals surface area (Å²) in [6.45, 7) is 9.14. The fourth-order valence-electron chi connectivity index (χ4n) is 2.92. The van der Waals surface area contributed by atoms with Crippen LogP contribution in [0.5, 0.6) is 0 Å². The van der Waals surface area contributed by atoms with Gasteiger partial charge in [-0.3, -0.25) is 9.89 Å². The first-order chi connectivity index (χ1) is 12.8. The minimum absolute atomic E-state index is 0. The fraction of sp³-hybridized carbons (Fsp3) is 0.737. The van der Waals surface area contributed by atoms with Crippen LogP contribution in [0.15, 0.2) is 22.5 Å². The van der Waals surface area contributed by atoms with Gasteiger partial charge in [-0.25, -0.2) is 0 Å². The number of aliphatic imine (C=N–C) groups is 1. The number of nitrogens with one attached hydrogen (secondary N) is 2. The molecule has 156 valence electrons. The average molecular weight is 510 g/mol. The molecule has 1 unspecified atom stereocenters. The first-order valence-electron chi connectivity index (χ1n) is 9.72. The van der Waals surface area contributed by atoms with Crippen molar-refractivity contribution in [2.45, 2.75) is 32.2 Å². The first kappa shape index (κ1) is 24.6. The van der Waals surface area contributed by atoms with Crippen LogP contribution in [0.4, 0.5) is 0 Å². The lowest BCUT2D eigenvalue weighted by atomic mass is 10.2. The Morgan fingerprint density at radius 2 is 2.07 bits per heavy atom. The van der Waals surface area contributed by atoms with Gasteiger partial charge in [-0.1, -0.05) is 19.4 Å². The Hall–Kier alpha value is -0.420. The topological polar surface area (TPSA) is 58.1 Å². The Balaban J connectivity index is 0.00000364. The maximum absolute atomic E-state index is 5.60. The third-order valence-electron chi connectivity index (χ3n) is 4.44. The monoisotopic (exact) mass is 510 g/mol. The van der Waals surface area contributed by atoms with E-state index in [0.717, 1.165) is 71.4 Å². The standard InChI is InChI=1S/C19H34N4O2S.HI/c1-3-4-11-24-12-6-8-21-19(20-2)22-16-17(18-7-5-15-26-18)23-9-13-25-14-10-23;/h5,7,15,17H,3-4,6,8-14,16H2,1-2H3,(H2,20,21,22);1H. The summed E-state index contributed by atoms with van der Waals surface area (Å²) in [6.07, 6.45) is 3.31. The molecule has 0 radical (unpaired) electrons. The van der Waals surface area contributed by atoms with Crippen LogP contribution in [-0.2, 0) is 9.47 Å². The molecule has 2 N–H and O–H groups in total. The van der Waals surface area contributed by atoms with Crippen LogP contribution < -0.4 is 10.6 Å². The third-order valence-corrected chi connectivity index (χ3v) is 5.42. The zero-order chi connectivity index (χ0) is 18.5. The van der Waals surface area contributed by atoms with Crippen molar-refractivity contribution in [3.63, 3.8) is 0 Å². The van der Waals surface area contributed by atoms with Crippen LogP contribution in [0, 0.1) is 0 Å². The molecule has 2 rings (SSSR count). The molecule has 0 aliphatic carbocycles. The molecule has 1 aromatic heterocycles. The molecule has 0 bridgehead atoms. The van der Waals surface area contributed by atoms with Gasteiger partial charge in [0.2, 0.25) is 0 Å². The molecule has 1 aliphatic heterocycles. The molecule has 1 saturated heterocycles. The van der Waals surface area contributed by atoms with Gasteiger partial charge in [-0.15, -0.1) is 35.3 Å². The third kappa shape index (κ3) is 9.56.